The monoisotopic (exact) mass is 435 g/mol. The van der Waals surface area contributed by atoms with E-state index in [0.717, 1.165) is 35.6 Å². The lowest BCUT2D eigenvalue weighted by atomic mass is 10.2. The molecule has 1 atom stereocenters. The van der Waals surface area contributed by atoms with Crippen LogP contribution < -0.4 is 9.80 Å². The van der Waals surface area contributed by atoms with Crippen LogP contribution in [0.4, 0.5) is 11.6 Å². The summed E-state index contributed by atoms with van der Waals surface area (Å²) in [6, 6.07) is 18.2. The van der Waals surface area contributed by atoms with E-state index in [4.69, 9.17) is 0 Å². The topological polar surface area (TPSA) is 54.3 Å². The number of benzene rings is 2. The Morgan fingerprint density at radius 2 is 1.74 bits per heavy atom. The first-order valence-corrected chi connectivity index (χ1v) is 11.8. The van der Waals surface area contributed by atoms with E-state index < -0.39 is 0 Å². The first kappa shape index (κ1) is 21.4. The fourth-order valence-corrected chi connectivity index (χ4v) is 4.81. The van der Waals surface area contributed by atoms with Gasteiger partial charge < -0.3 is 9.80 Å². The van der Waals surface area contributed by atoms with Crippen molar-refractivity contribution in [2.24, 2.45) is 0 Å². The van der Waals surface area contributed by atoms with Crippen molar-refractivity contribution in [1.29, 1.82) is 0 Å². The molecule has 1 fully saturated rings. The molecule has 1 amide bonds. The number of nitrogens with zero attached hydrogens (tertiary/aromatic N) is 5. The molecule has 162 valence electrons. The van der Waals surface area contributed by atoms with Gasteiger partial charge in [0.05, 0.1) is 10.9 Å². The van der Waals surface area contributed by atoms with E-state index in [0.29, 0.717) is 6.54 Å². The zero-order valence-electron chi connectivity index (χ0n) is 18.4. The molecule has 2 aromatic carbocycles. The smallest absolute Gasteiger partial charge is 0.240 e. The van der Waals surface area contributed by atoms with Crippen molar-refractivity contribution >= 4 is 29.3 Å². The molecule has 2 heterocycles. The Balaban J connectivity index is 1.63. The molecule has 0 N–H and O–H groups in total. The highest BCUT2D eigenvalue weighted by atomic mass is 32.2. The van der Waals surface area contributed by atoms with Crippen LogP contribution in [-0.4, -0.2) is 45.6 Å². The molecule has 1 aliphatic heterocycles. The number of aryl methyl sites for hydroxylation is 1. The maximum atomic E-state index is 13.3. The summed E-state index contributed by atoms with van der Waals surface area (Å²) in [5.74, 6) is 0.929. The van der Waals surface area contributed by atoms with Gasteiger partial charge in [-0.25, -0.2) is 0 Å². The standard InChI is InChI=1S/C24H29N5OS/c1-4-28(20-10-6-5-7-11-20)22(30)19(3)31-24-26-25-23(27-16-8-9-17-27)29(24)21-14-12-18(2)13-15-21/h5-7,10-15,19H,4,8-9,16-17H2,1-3H3. The Labute approximate surface area is 188 Å². The molecule has 0 aliphatic carbocycles. The summed E-state index contributed by atoms with van der Waals surface area (Å²) in [6.45, 7) is 8.63. The Kier molecular flexibility index (Phi) is 6.61. The SMILES string of the molecule is CCN(C(=O)C(C)Sc1nnc(N2CCCC2)n1-c1ccc(C)cc1)c1ccccc1. The summed E-state index contributed by atoms with van der Waals surface area (Å²) in [5, 5.41) is 9.48. The maximum absolute atomic E-state index is 13.3. The van der Waals surface area contributed by atoms with Crippen LogP contribution in [0.3, 0.4) is 0 Å². The number of carbonyl (C=O) groups is 1. The van der Waals surface area contributed by atoms with Crippen molar-refractivity contribution < 1.29 is 4.79 Å². The molecule has 31 heavy (non-hydrogen) atoms. The van der Waals surface area contributed by atoms with Crippen molar-refractivity contribution in [3.8, 4) is 5.69 Å². The van der Waals surface area contributed by atoms with E-state index in [2.05, 4.69) is 50.9 Å². The molecule has 0 bridgehead atoms. The number of hydrogen-bond donors (Lipinski definition) is 0. The third-order valence-electron chi connectivity index (χ3n) is 5.58. The number of hydrogen-bond acceptors (Lipinski definition) is 5. The van der Waals surface area contributed by atoms with Gasteiger partial charge in [-0.2, -0.15) is 0 Å². The highest BCUT2D eigenvalue weighted by Crippen LogP contribution is 2.32. The molecule has 6 nitrogen and oxygen atoms in total. The molecular weight excluding hydrogens is 406 g/mol. The normalized spacial score (nSPS) is 14.6. The molecule has 0 radical (unpaired) electrons. The third kappa shape index (κ3) is 4.61. The molecule has 0 spiro atoms. The highest BCUT2D eigenvalue weighted by Gasteiger charge is 2.27. The Hall–Kier alpha value is -2.80. The number of para-hydroxylation sites is 1. The molecular formula is C24H29N5OS. The second-order valence-corrected chi connectivity index (χ2v) is 9.13. The summed E-state index contributed by atoms with van der Waals surface area (Å²) in [7, 11) is 0. The fourth-order valence-electron chi connectivity index (χ4n) is 3.88. The summed E-state index contributed by atoms with van der Waals surface area (Å²) >= 11 is 1.47. The van der Waals surface area contributed by atoms with Gasteiger partial charge in [0, 0.05) is 25.3 Å². The van der Waals surface area contributed by atoms with Gasteiger partial charge in [0.15, 0.2) is 5.16 Å². The van der Waals surface area contributed by atoms with E-state index in [9.17, 15) is 4.79 Å². The van der Waals surface area contributed by atoms with Crippen LogP contribution in [0.25, 0.3) is 5.69 Å². The molecule has 0 saturated carbocycles. The van der Waals surface area contributed by atoms with Crippen LogP contribution in [0.2, 0.25) is 0 Å². The molecule has 1 saturated heterocycles. The summed E-state index contributed by atoms with van der Waals surface area (Å²) in [4.78, 5) is 17.4. The average Bonchev–Trinajstić information content (AvgIpc) is 3.45. The average molecular weight is 436 g/mol. The molecule has 1 aliphatic rings. The summed E-state index contributed by atoms with van der Waals surface area (Å²) in [6.07, 6.45) is 2.33. The molecule has 1 unspecified atom stereocenters. The van der Waals surface area contributed by atoms with E-state index in [-0.39, 0.29) is 11.2 Å². The van der Waals surface area contributed by atoms with Crippen LogP contribution in [0.5, 0.6) is 0 Å². The Morgan fingerprint density at radius 3 is 2.39 bits per heavy atom. The lowest BCUT2D eigenvalue weighted by molar-refractivity contribution is -0.117. The van der Waals surface area contributed by atoms with E-state index in [1.54, 1.807) is 0 Å². The minimum absolute atomic E-state index is 0.0693. The fraction of sp³-hybridized carbons (Fsp3) is 0.375. The van der Waals surface area contributed by atoms with Crippen molar-refractivity contribution in [1.82, 2.24) is 14.8 Å². The third-order valence-corrected chi connectivity index (χ3v) is 6.61. The van der Waals surface area contributed by atoms with Gasteiger partial charge in [0.1, 0.15) is 0 Å². The predicted molar refractivity (Wildman–Crippen MR) is 127 cm³/mol. The van der Waals surface area contributed by atoms with Crippen molar-refractivity contribution in [2.75, 3.05) is 29.4 Å². The second kappa shape index (κ2) is 9.56. The summed E-state index contributed by atoms with van der Waals surface area (Å²) in [5.41, 5.74) is 3.15. The highest BCUT2D eigenvalue weighted by molar-refractivity contribution is 8.00. The van der Waals surface area contributed by atoms with Gasteiger partial charge >= 0.3 is 0 Å². The lowest BCUT2D eigenvalue weighted by Gasteiger charge is -2.24. The number of carbonyl (C=O) groups excluding carboxylic acids is 1. The molecule has 1 aromatic heterocycles. The van der Waals surface area contributed by atoms with Gasteiger partial charge in [0.2, 0.25) is 11.9 Å². The molecule has 7 heteroatoms. The lowest BCUT2D eigenvalue weighted by Crippen LogP contribution is -2.36. The van der Waals surface area contributed by atoms with Gasteiger partial charge in [-0.3, -0.25) is 9.36 Å². The number of amides is 1. The minimum Gasteiger partial charge on any atom is -0.341 e. The van der Waals surface area contributed by atoms with Crippen LogP contribution in [0.15, 0.2) is 59.8 Å². The van der Waals surface area contributed by atoms with Crippen LogP contribution >= 0.6 is 11.8 Å². The van der Waals surface area contributed by atoms with Gasteiger partial charge in [-0.1, -0.05) is 47.7 Å². The first-order valence-electron chi connectivity index (χ1n) is 10.9. The van der Waals surface area contributed by atoms with E-state index >= 15 is 0 Å². The zero-order valence-corrected chi connectivity index (χ0v) is 19.2. The van der Waals surface area contributed by atoms with Crippen LogP contribution in [-0.2, 0) is 4.79 Å². The van der Waals surface area contributed by atoms with E-state index in [1.165, 1.54) is 30.2 Å². The quantitative estimate of drug-likeness (QED) is 0.503. The largest absolute Gasteiger partial charge is 0.341 e. The Bertz CT molecular complexity index is 1010. The van der Waals surface area contributed by atoms with Gasteiger partial charge in [0.25, 0.3) is 0 Å². The number of aromatic nitrogens is 3. The summed E-state index contributed by atoms with van der Waals surface area (Å²) < 4.78 is 2.10. The number of thioether (sulfide) groups is 1. The first-order chi connectivity index (χ1) is 15.1. The Morgan fingerprint density at radius 1 is 1.06 bits per heavy atom. The molecule has 4 rings (SSSR count). The van der Waals surface area contributed by atoms with Crippen molar-refractivity contribution in [3.63, 3.8) is 0 Å². The van der Waals surface area contributed by atoms with Gasteiger partial charge in [-0.05, 0) is 57.9 Å². The zero-order chi connectivity index (χ0) is 21.8. The van der Waals surface area contributed by atoms with Crippen LogP contribution in [0, 0.1) is 6.92 Å². The minimum atomic E-state index is -0.292. The van der Waals surface area contributed by atoms with Gasteiger partial charge in [-0.15, -0.1) is 10.2 Å². The van der Waals surface area contributed by atoms with E-state index in [1.807, 2.05) is 49.1 Å². The number of rotatable bonds is 7. The van der Waals surface area contributed by atoms with Crippen molar-refractivity contribution in [2.45, 2.75) is 44.0 Å². The predicted octanol–water partition coefficient (Wildman–Crippen LogP) is 4.71. The second-order valence-electron chi connectivity index (χ2n) is 7.83. The maximum Gasteiger partial charge on any atom is 0.240 e. The number of anilines is 2. The van der Waals surface area contributed by atoms with Crippen LogP contribution in [0.1, 0.15) is 32.3 Å². The van der Waals surface area contributed by atoms with Crippen molar-refractivity contribution in [3.05, 3.63) is 60.2 Å². The molecule has 3 aromatic rings.